The van der Waals surface area contributed by atoms with Crippen molar-refractivity contribution in [2.45, 2.75) is 40.0 Å². The molecule has 1 fully saturated rings. The summed E-state index contributed by atoms with van der Waals surface area (Å²) in [5, 5.41) is 5.50. The highest BCUT2D eigenvalue weighted by atomic mass is 16.2. The number of Topliss-reactive ketones (excluding diaryl/α,β-unsaturated/α-hetero) is 1. The molecule has 0 aliphatic heterocycles. The van der Waals surface area contributed by atoms with E-state index in [2.05, 4.69) is 17.6 Å². The van der Waals surface area contributed by atoms with Gasteiger partial charge >= 0.3 is 0 Å². The van der Waals surface area contributed by atoms with E-state index < -0.39 is 0 Å². The minimum absolute atomic E-state index is 0.0848. The lowest BCUT2D eigenvalue weighted by atomic mass is 9.78. The largest absolute Gasteiger partial charge is 0.326 e. The molecule has 2 N–H and O–H groups in total. The first-order valence-corrected chi connectivity index (χ1v) is 10.5. The Morgan fingerprint density at radius 1 is 0.806 bits per heavy atom. The van der Waals surface area contributed by atoms with Crippen molar-refractivity contribution in [1.82, 2.24) is 0 Å². The maximum absolute atomic E-state index is 13.2. The van der Waals surface area contributed by atoms with Gasteiger partial charge in [0.15, 0.2) is 5.78 Å². The predicted octanol–water partition coefficient (Wildman–Crippen LogP) is 5.46. The van der Waals surface area contributed by atoms with Crippen LogP contribution in [0.3, 0.4) is 0 Å². The third-order valence-corrected chi connectivity index (χ3v) is 5.32. The molecule has 0 aromatic heterocycles. The number of ketones is 1. The molecule has 1 unspecified atom stereocenters. The van der Waals surface area contributed by atoms with E-state index >= 15 is 0 Å². The van der Waals surface area contributed by atoms with Crippen LogP contribution in [0, 0.1) is 5.92 Å². The summed E-state index contributed by atoms with van der Waals surface area (Å²) in [6, 6.07) is 15.0. The molecule has 3 rings (SSSR count). The van der Waals surface area contributed by atoms with E-state index in [0.29, 0.717) is 5.92 Å². The minimum Gasteiger partial charge on any atom is -0.326 e. The molecule has 5 nitrogen and oxygen atoms in total. The molecule has 0 bridgehead atoms. The van der Waals surface area contributed by atoms with Crippen LogP contribution in [0.4, 0.5) is 11.4 Å². The van der Waals surface area contributed by atoms with E-state index in [-0.39, 0.29) is 17.6 Å². The fourth-order valence-electron chi connectivity index (χ4n) is 3.76. The first-order valence-electron chi connectivity index (χ1n) is 10.5. The van der Waals surface area contributed by atoms with Gasteiger partial charge < -0.3 is 10.6 Å². The first kappa shape index (κ1) is 22.2. The Morgan fingerprint density at radius 2 is 1.19 bits per heavy atom. The zero-order valence-electron chi connectivity index (χ0n) is 18.2. The molecule has 1 aliphatic carbocycles. The molecule has 160 valence electrons. The molecule has 0 radical (unpaired) electrons. The molecule has 1 saturated carbocycles. The highest BCUT2D eigenvalue weighted by Gasteiger charge is 2.26. The van der Waals surface area contributed by atoms with Gasteiger partial charge in [-0.3, -0.25) is 14.4 Å². The Morgan fingerprint density at radius 3 is 1.52 bits per heavy atom. The smallest absolute Gasteiger partial charge is 0.221 e. The Balaban J connectivity index is 1.83. The van der Waals surface area contributed by atoms with Crippen molar-refractivity contribution < 1.29 is 14.4 Å². The molecular weight excluding hydrogens is 388 g/mol. The van der Waals surface area contributed by atoms with Crippen molar-refractivity contribution in [2.75, 3.05) is 10.6 Å². The van der Waals surface area contributed by atoms with E-state index in [9.17, 15) is 14.4 Å². The number of anilines is 2. The molecule has 1 atom stereocenters. The van der Waals surface area contributed by atoms with Crippen LogP contribution in [0.1, 0.15) is 51.2 Å². The van der Waals surface area contributed by atoms with Gasteiger partial charge in [0.1, 0.15) is 0 Å². The lowest BCUT2D eigenvalue weighted by molar-refractivity contribution is -0.115. The van der Waals surface area contributed by atoms with Gasteiger partial charge in [-0.1, -0.05) is 37.6 Å². The molecule has 0 heterocycles. The summed E-state index contributed by atoms with van der Waals surface area (Å²) in [5.41, 5.74) is 4.97. The number of hydrogen-bond donors (Lipinski definition) is 2. The van der Waals surface area contributed by atoms with Crippen molar-refractivity contribution >= 4 is 41.1 Å². The second kappa shape index (κ2) is 10.0. The average Bonchev–Trinajstić information content (AvgIpc) is 2.73. The molecule has 0 spiro atoms. The summed E-state index contributed by atoms with van der Waals surface area (Å²) in [5.74, 6) is 0.285. The molecule has 2 aromatic carbocycles. The number of nitrogens with one attached hydrogen (secondary N) is 2. The maximum Gasteiger partial charge on any atom is 0.221 e. The summed E-state index contributed by atoms with van der Waals surface area (Å²) < 4.78 is 0. The molecule has 0 saturated heterocycles. The normalized spacial score (nSPS) is 18.8. The van der Waals surface area contributed by atoms with Crippen LogP contribution in [-0.4, -0.2) is 17.6 Å². The Bertz CT molecular complexity index is 950. The maximum atomic E-state index is 13.2. The zero-order valence-corrected chi connectivity index (χ0v) is 18.2. The fraction of sp³-hybridized carbons (Fsp3) is 0.269. The third kappa shape index (κ3) is 6.25. The van der Waals surface area contributed by atoms with Gasteiger partial charge in [0.25, 0.3) is 0 Å². The van der Waals surface area contributed by atoms with Gasteiger partial charge in [0.2, 0.25) is 11.8 Å². The molecular formula is C26H28N2O3. The van der Waals surface area contributed by atoms with Crippen molar-refractivity contribution in [3.8, 4) is 0 Å². The SMILES string of the molecule is CCC1C/C(=C/c2ccc(NC(C)=O)cc2)C(=O)/C(=C/c2ccc(NC(C)=O)cc2)C1. The molecule has 2 aromatic rings. The van der Waals surface area contributed by atoms with Gasteiger partial charge in [0, 0.05) is 36.4 Å². The Labute approximate surface area is 183 Å². The van der Waals surface area contributed by atoms with Crippen molar-refractivity contribution in [3.63, 3.8) is 0 Å². The Kier molecular flexibility index (Phi) is 7.19. The zero-order chi connectivity index (χ0) is 22.4. The van der Waals surface area contributed by atoms with E-state index in [4.69, 9.17) is 0 Å². The molecule has 5 heteroatoms. The average molecular weight is 417 g/mol. The van der Waals surface area contributed by atoms with Gasteiger partial charge in [0.05, 0.1) is 0 Å². The van der Waals surface area contributed by atoms with E-state index in [1.807, 2.05) is 60.7 Å². The third-order valence-electron chi connectivity index (χ3n) is 5.32. The lowest BCUT2D eigenvalue weighted by Crippen LogP contribution is -2.19. The van der Waals surface area contributed by atoms with Crippen LogP contribution < -0.4 is 10.6 Å². The van der Waals surface area contributed by atoms with E-state index in [1.165, 1.54) is 13.8 Å². The topological polar surface area (TPSA) is 75.3 Å². The number of carbonyl (C=O) groups excluding carboxylic acids is 3. The Hall–Kier alpha value is -3.47. The molecule has 31 heavy (non-hydrogen) atoms. The van der Waals surface area contributed by atoms with E-state index in [0.717, 1.165) is 52.9 Å². The number of hydrogen-bond acceptors (Lipinski definition) is 3. The highest BCUT2D eigenvalue weighted by Crippen LogP contribution is 2.34. The number of rotatable bonds is 5. The highest BCUT2D eigenvalue weighted by molar-refractivity contribution is 6.14. The summed E-state index contributed by atoms with van der Waals surface area (Å²) in [6.45, 7) is 5.10. The monoisotopic (exact) mass is 416 g/mol. The van der Waals surface area contributed by atoms with Crippen molar-refractivity contribution in [2.24, 2.45) is 5.92 Å². The summed E-state index contributed by atoms with van der Waals surface area (Å²) >= 11 is 0. The van der Waals surface area contributed by atoms with Crippen LogP contribution in [0.5, 0.6) is 0 Å². The summed E-state index contributed by atoms with van der Waals surface area (Å²) in [7, 11) is 0. The summed E-state index contributed by atoms with van der Waals surface area (Å²) in [6.07, 6.45) is 6.44. The quantitative estimate of drug-likeness (QED) is 0.636. The van der Waals surface area contributed by atoms with Gasteiger partial charge in [-0.2, -0.15) is 0 Å². The van der Waals surface area contributed by atoms with Gasteiger partial charge in [-0.15, -0.1) is 0 Å². The van der Waals surface area contributed by atoms with Gasteiger partial charge in [-0.05, 0) is 66.3 Å². The minimum atomic E-state index is -0.112. The predicted molar refractivity (Wildman–Crippen MR) is 125 cm³/mol. The second-order valence-electron chi connectivity index (χ2n) is 7.96. The second-order valence-corrected chi connectivity index (χ2v) is 7.96. The standard InChI is InChI=1S/C26H28N2O3/c1-4-19-13-22(15-20-5-9-24(10-6-20)27-17(2)29)26(31)23(14-19)16-21-7-11-25(12-8-21)28-18(3)30/h5-12,15-16,19H,4,13-14H2,1-3H3,(H,27,29)(H,28,30)/b22-15-,23-16+. The van der Waals surface area contributed by atoms with Crippen molar-refractivity contribution in [3.05, 3.63) is 70.8 Å². The van der Waals surface area contributed by atoms with Crippen LogP contribution in [0.25, 0.3) is 12.2 Å². The first-order chi connectivity index (χ1) is 14.8. The van der Waals surface area contributed by atoms with Crippen LogP contribution in [0.2, 0.25) is 0 Å². The van der Waals surface area contributed by atoms with Crippen LogP contribution in [0.15, 0.2) is 59.7 Å². The van der Waals surface area contributed by atoms with Crippen LogP contribution >= 0.6 is 0 Å². The molecule has 1 aliphatic rings. The number of allylic oxidation sites excluding steroid dienone is 2. The number of amides is 2. The summed E-state index contributed by atoms with van der Waals surface area (Å²) in [4.78, 5) is 35.5. The number of benzene rings is 2. The van der Waals surface area contributed by atoms with Crippen LogP contribution in [-0.2, 0) is 14.4 Å². The van der Waals surface area contributed by atoms with Crippen molar-refractivity contribution in [1.29, 1.82) is 0 Å². The lowest BCUT2D eigenvalue weighted by Gasteiger charge is -2.25. The van der Waals surface area contributed by atoms with E-state index in [1.54, 1.807) is 0 Å². The number of carbonyl (C=O) groups is 3. The van der Waals surface area contributed by atoms with Gasteiger partial charge in [-0.25, -0.2) is 0 Å². The molecule has 2 amide bonds. The fourth-order valence-corrected chi connectivity index (χ4v) is 3.76.